The molecule has 1 aromatic carbocycles. The number of fused-ring (bicyclic) bond motifs is 1. The van der Waals surface area contributed by atoms with E-state index in [-0.39, 0.29) is 18.7 Å². The van der Waals surface area contributed by atoms with Crippen molar-refractivity contribution in [2.75, 3.05) is 6.54 Å². The van der Waals surface area contributed by atoms with Gasteiger partial charge in [0.2, 0.25) is 0 Å². The summed E-state index contributed by atoms with van der Waals surface area (Å²) in [5, 5.41) is 3.63. The minimum absolute atomic E-state index is 0.161. The Morgan fingerprint density at radius 3 is 2.71 bits per heavy atom. The van der Waals surface area contributed by atoms with Gasteiger partial charge in [-0.2, -0.15) is 0 Å². The molecule has 0 aliphatic carbocycles. The van der Waals surface area contributed by atoms with Gasteiger partial charge in [0.1, 0.15) is 5.60 Å². The van der Waals surface area contributed by atoms with Gasteiger partial charge in [0, 0.05) is 24.0 Å². The number of amides is 1. The number of ether oxygens (including phenoxy) is 1. The first kappa shape index (κ1) is 15.2. The molecule has 0 N–H and O–H groups in total. The Labute approximate surface area is 124 Å². The number of hydrogen-bond acceptors (Lipinski definition) is 3. The molecular weight excluding hydrogens is 268 g/mol. The molecule has 0 aromatic heterocycles. The third kappa shape index (κ3) is 3.89. The summed E-state index contributed by atoms with van der Waals surface area (Å²) in [5.41, 5.74) is 10.3. The van der Waals surface area contributed by atoms with E-state index in [1.54, 1.807) is 4.90 Å². The molecule has 0 unspecified atom stereocenters. The average Bonchev–Trinajstić information content (AvgIpc) is 2.42. The molecule has 0 saturated heterocycles. The molecule has 0 bridgehead atoms. The third-order valence-corrected chi connectivity index (χ3v) is 3.34. The molecule has 6 nitrogen and oxygen atoms in total. The highest BCUT2D eigenvalue weighted by molar-refractivity contribution is 5.69. The van der Waals surface area contributed by atoms with Gasteiger partial charge in [-0.1, -0.05) is 29.4 Å². The topological polar surface area (TPSA) is 78.3 Å². The van der Waals surface area contributed by atoms with Crippen molar-refractivity contribution in [3.05, 3.63) is 45.8 Å². The highest BCUT2D eigenvalue weighted by Gasteiger charge is 2.32. The third-order valence-electron chi connectivity index (χ3n) is 3.34. The SMILES string of the molecule is CC(C)(C)OC(=O)N1Cc2ccccc2C[C@H]1CN=[N+]=[N-]. The molecule has 0 saturated carbocycles. The lowest BCUT2D eigenvalue weighted by atomic mass is 9.94. The average molecular weight is 288 g/mol. The van der Waals surface area contributed by atoms with Crippen LogP contribution in [0.1, 0.15) is 31.9 Å². The molecule has 1 aliphatic rings. The molecule has 1 aliphatic heterocycles. The molecule has 1 heterocycles. The van der Waals surface area contributed by atoms with Crippen molar-refractivity contribution in [1.29, 1.82) is 0 Å². The lowest BCUT2D eigenvalue weighted by molar-refractivity contribution is 0.0128. The van der Waals surface area contributed by atoms with Crippen molar-refractivity contribution < 1.29 is 9.53 Å². The van der Waals surface area contributed by atoms with Gasteiger partial charge in [0.05, 0.1) is 0 Å². The quantitative estimate of drug-likeness (QED) is 0.473. The monoisotopic (exact) mass is 288 g/mol. The first-order valence-electron chi connectivity index (χ1n) is 6.98. The molecule has 0 spiro atoms. The van der Waals surface area contributed by atoms with Crippen LogP contribution in [0.2, 0.25) is 0 Å². The van der Waals surface area contributed by atoms with E-state index >= 15 is 0 Å². The Kier molecular flexibility index (Phi) is 4.38. The van der Waals surface area contributed by atoms with E-state index in [1.807, 2.05) is 45.0 Å². The normalized spacial score (nSPS) is 17.7. The van der Waals surface area contributed by atoms with E-state index in [0.29, 0.717) is 13.0 Å². The smallest absolute Gasteiger partial charge is 0.410 e. The second-order valence-corrected chi connectivity index (χ2v) is 6.15. The fraction of sp³-hybridized carbons (Fsp3) is 0.533. The lowest BCUT2D eigenvalue weighted by Gasteiger charge is -2.37. The van der Waals surface area contributed by atoms with Crippen molar-refractivity contribution in [1.82, 2.24) is 4.90 Å². The Morgan fingerprint density at radius 1 is 1.43 bits per heavy atom. The zero-order valence-electron chi connectivity index (χ0n) is 12.6. The van der Waals surface area contributed by atoms with E-state index in [1.165, 1.54) is 5.56 Å². The number of carbonyl (C=O) groups excluding carboxylic acids is 1. The van der Waals surface area contributed by atoms with Gasteiger partial charge < -0.3 is 9.64 Å². The van der Waals surface area contributed by atoms with Gasteiger partial charge in [0.25, 0.3) is 0 Å². The summed E-state index contributed by atoms with van der Waals surface area (Å²) in [6, 6.07) is 7.83. The predicted octanol–water partition coefficient (Wildman–Crippen LogP) is 3.66. The summed E-state index contributed by atoms with van der Waals surface area (Å²) >= 11 is 0. The Morgan fingerprint density at radius 2 is 2.10 bits per heavy atom. The minimum Gasteiger partial charge on any atom is -0.444 e. The summed E-state index contributed by atoms with van der Waals surface area (Å²) in [4.78, 5) is 16.8. The van der Waals surface area contributed by atoms with Crippen molar-refractivity contribution in [3.63, 3.8) is 0 Å². The van der Waals surface area contributed by atoms with Crippen molar-refractivity contribution in [2.45, 2.75) is 45.4 Å². The maximum Gasteiger partial charge on any atom is 0.410 e. The van der Waals surface area contributed by atoms with Gasteiger partial charge in [0.15, 0.2) is 0 Å². The van der Waals surface area contributed by atoms with Crippen molar-refractivity contribution >= 4 is 6.09 Å². The van der Waals surface area contributed by atoms with Gasteiger partial charge >= 0.3 is 6.09 Å². The van der Waals surface area contributed by atoms with Crippen LogP contribution in [0.5, 0.6) is 0 Å². The molecule has 1 amide bonds. The maximum absolute atomic E-state index is 12.4. The van der Waals surface area contributed by atoms with Crippen LogP contribution in [0, 0.1) is 0 Å². The molecule has 1 atom stereocenters. The molecule has 0 fully saturated rings. The van der Waals surface area contributed by atoms with E-state index in [4.69, 9.17) is 10.3 Å². The Balaban J connectivity index is 2.23. The molecule has 6 heteroatoms. The largest absolute Gasteiger partial charge is 0.444 e. The number of carbonyl (C=O) groups is 1. The summed E-state index contributed by atoms with van der Waals surface area (Å²) in [6.07, 6.45) is 0.309. The van der Waals surface area contributed by atoms with Crippen LogP contribution >= 0.6 is 0 Å². The van der Waals surface area contributed by atoms with Crippen LogP contribution in [-0.2, 0) is 17.7 Å². The standard InChI is InChI=1S/C15H20N4O2/c1-15(2,3)21-14(20)19-10-12-7-5-4-6-11(12)8-13(19)9-17-18-16/h4-7,13H,8-10H2,1-3H3/t13-/m0/s1. The number of benzene rings is 1. The van der Waals surface area contributed by atoms with Gasteiger partial charge in [-0.15, -0.1) is 0 Å². The Hall–Kier alpha value is -2.20. The zero-order valence-corrected chi connectivity index (χ0v) is 12.6. The number of nitrogens with zero attached hydrogens (tertiary/aromatic N) is 4. The van der Waals surface area contributed by atoms with Crippen molar-refractivity contribution in [2.24, 2.45) is 5.11 Å². The molecule has 2 rings (SSSR count). The predicted molar refractivity (Wildman–Crippen MR) is 79.7 cm³/mol. The second kappa shape index (κ2) is 6.06. The molecule has 112 valence electrons. The molecule has 1 aromatic rings. The molecule has 0 radical (unpaired) electrons. The minimum atomic E-state index is -0.545. The van der Waals surface area contributed by atoms with Crippen LogP contribution in [0.4, 0.5) is 4.79 Å². The number of hydrogen-bond donors (Lipinski definition) is 0. The summed E-state index contributed by atoms with van der Waals surface area (Å²) in [6.45, 7) is 6.25. The van der Waals surface area contributed by atoms with Crippen LogP contribution in [0.15, 0.2) is 29.4 Å². The Bertz CT molecular complexity index is 573. The second-order valence-electron chi connectivity index (χ2n) is 6.15. The zero-order chi connectivity index (χ0) is 15.5. The first-order chi connectivity index (χ1) is 9.90. The lowest BCUT2D eigenvalue weighted by Crippen LogP contribution is -2.47. The fourth-order valence-electron chi connectivity index (χ4n) is 2.42. The van der Waals surface area contributed by atoms with E-state index in [0.717, 1.165) is 5.56 Å². The van der Waals surface area contributed by atoms with Gasteiger partial charge in [-0.3, -0.25) is 0 Å². The highest BCUT2D eigenvalue weighted by atomic mass is 16.6. The summed E-state index contributed by atoms with van der Waals surface area (Å²) in [5.74, 6) is 0. The molecular formula is C15H20N4O2. The van der Waals surface area contributed by atoms with E-state index < -0.39 is 5.60 Å². The first-order valence-corrected chi connectivity index (χ1v) is 6.98. The van der Waals surface area contributed by atoms with Crippen LogP contribution < -0.4 is 0 Å². The van der Waals surface area contributed by atoms with Crippen LogP contribution in [0.3, 0.4) is 0 Å². The van der Waals surface area contributed by atoms with E-state index in [2.05, 4.69) is 10.0 Å². The van der Waals surface area contributed by atoms with E-state index in [9.17, 15) is 4.79 Å². The van der Waals surface area contributed by atoms with Gasteiger partial charge in [-0.05, 0) is 43.9 Å². The fourth-order valence-corrected chi connectivity index (χ4v) is 2.42. The van der Waals surface area contributed by atoms with Gasteiger partial charge in [-0.25, -0.2) is 4.79 Å². The van der Waals surface area contributed by atoms with Crippen molar-refractivity contribution in [3.8, 4) is 0 Å². The molecule has 21 heavy (non-hydrogen) atoms. The van der Waals surface area contributed by atoms with Crippen LogP contribution in [0.25, 0.3) is 10.4 Å². The number of rotatable bonds is 2. The highest BCUT2D eigenvalue weighted by Crippen LogP contribution is 2.25. The maximum atomic E-state index is 12.4. The summed E-state index contributed by atoms with van der Waals surface area (Å²) < 4.78 is 5.45. The van der Waals surface area contributed by atoms with Crippen LogP contribution in [-0.4, -0.2) is 29.2 Å². The summed E-state index contributed by atoms with van der Waals surface area (Å²) in [7, 11) is 0. The number of azide groups is 1.